The maximum Gasteiger partial charge on any atom is 1.00 e. The summed E-state index contributed by atoms with van der Waals surface area (Å²) in [7, 11) is 0. The zero-order chi connectivity index (χ0) is 14.0. The van der Waals surface area contributed by atoms with Gasteiger partial charge in [-0.05, 0) is 12.8 Å². The molecule has 0 saturated carbocycles. The summed E-state index contributed by atoms with van der Waals surface area (Å²) in [6, 6.07) is 0. The van der Waals surface area contributed by atoms with E-state index in [2.05, 4.69) is 13.0 Å². The van der Waals surface area contributed by atoms with Gasteiger partial charge >= 0.3 is 118 Å². The van der Waals surface area contributed by atoms with Crippen molar-refractivity contribution < 1.29 is 129 Å². The fourth-order valence-corrected chi connectivity index (χ4v) is 2.47. The summed E-state index contributed by atoms with van der Waals surface area (Å²) in [5.74, 6) is 0. The van der Waals surface area contributed by atoms with Crippen LogP contribution in [0, 0.1) is 0 Å². The first-order valence-corrected chi connectivity index (χ1v) is 8.67. The molecule has 0 bridgehead atoms. The van der Waals surface area contributed by atoms with E-state index in [0.717, 1.165) is 6.42 Å². The van der Waals surface area contributed by atoms with Crippen molar-refractivity contribution in [2.75, 3.05) is 6.61 Å². The predicted molar refractivity (Wildman–Crippen MR) is 91.0 cm³/mol. The van der Waals surface area contributed by atoms with Gasteiger partial charge in [-0.1, -0.05) is 96.1 Å². The molecule has 0 aliphatic heterocycles. The Morgan fingerprint density at radius 1 is 0.565 bits per heavy atom. The quantitative estimate of drug-likeness (QED) is 0.175. The molecular formula is C18H40Na4O. The second-order valence-electron chi connectivity index (χ2n) is 5.69. The number of hydrogen-bond acceptors (Lipinski definition) is 1. The number of aliphatic hydroxyl groups excluding tert-OH is 1. The molecule has 0 aromatic heterocycles. The Bertz CT molecular complexity index is 206. The molecule has 1 nitrogen and oxygen atoms in total. The Balaban J connectivity index is -0.0000000579. The average molecular weight is 364 g/mol. The van der Waals surface area contributed by atoms with Crippen LogP contribution in [-0.2, 0) is 0 Å². The van der Waals surface area contributed by atoms with E-state index in [-0.39, 0.29) is 131 Å². The van der Waals surface area contributed by atoms with E-state index in [1.807, 2.05) is 6.08 Å². The first-order chi connectivity index (χ1) is 9.41. The van der Waals surface area contributed by atoms with E-state index < -0.39 is 0 Å². The third kappa shape index (κ3) is 37.2. The van der Waals surface area contributed by atoms with Gasteiger partial charge in [0.2, 0.25) is 0 Å². The van der Waals surface area contributed by atoms with Crippen molar-refractivity contribution in [1.82, 2.24) is 0 Å². The minimum absolute atomic E-state index is 0. The van der Waals surface area contributed by atoms with Gasteiger partial charge in [-0.2, -0.15) is 0 Å². The van der Waals surface area contributed by atoms with Gasteiger partial charge in [0.05, 0.1) is 6.61 Å². The van der Waals surface area contributed by atoms with Crippen LogP contribution in [0.2, 0.25) is 0 Å². The summed E-state index contributed by atoms with van der Waals surface area (Å²) < 4.78 is 0. The van der Waals surface area contributed by atoms with Crippen LogP contribution in [-0.4, -0.2) is 11.7 Å². The van der Waals surface area contributed by atoms with E-state index in [9.17, 15) is 0 Å². The molecule has 0 atom stereocenters. The number of allylic oxidation sites excluding steroid dienone is 1. The molecule has 0 unspecified atom stereocenters. The Labute approximate surface area is 241 Å². The van der Waals surface area contributed by atoms with Crippen LogP contribution in [0.1, 0.15) is 103 Å². The number of aliphatic hydroxyl groups is 1. The van der Waals surface area contributed by atoms with Crippen molar-refractivity contribution in [3.8, 4) is 0 Å². The third-order valence-corrected chi connectivity index (χ3v) is 3.75. The summed E-state index contributed by atoms with van der Waals surface area (Å²) in [6.45, 7) is 2.47. The van der Waals surface area contributed by atoms with Crippen molar-refractivity contribution in [2.24, 2.45) is 0 Å². The summed E-state index contributed by atoms with van der Waals surface area (Å²) in [5.41, 5.74) is 0. The normalized spacial score (nSPS) is 9.48. The van der Waals surface area contributed by atoms with Crippen LogP contribution in [0.3, 0.4) is 0 Å². The monoisotopic (exact) mass is 364 g/mol. The molecule has 0 heterocycles. The molecule has 0 aliphatic rings. The summed E-state index contributed by atoms with van der Waals surface area (Å²) in [6.07, 6.45) is 23.4. The minimum Gasteiger partial charge on any atom is -1.00 e. The van der Waals surface area contributed by atoms with E-state index in [0.29, 0.717) is 0 Å². The van der Waals surface area contributed by atoms with Gasteiger partial charge in [0, 0.05) is 0 Å². The number of hydrogen-bond donors (Lipinski definition) is 1. The van der Waals surface area contributed by atoms with Crippen LogP contribution in [0.4, 0.5) is 0 Å². The maximum absolute atomic E-state index is 8.58. The molecular weight excluding hydrogens is 324 g/mol. The van der Waals surface area contributed by atoms with E-state index >= 15 is 0 Å². The van der Waals surface area contributed by atoms with Crippen LogP contribution in [0.25, 0.3) is 0 Å². The average Bonchev–Trinajstić information content (AvgIpc) is 2.43. The molecule has 0 spiro atoms. The molecule has 0 aromatic carbocycles. The fraction of sp³-hybridized carbons (Fsp3) is 0.889. The molecule has 5 heteroatoms. The van der Waals surface area contributed by atoms with E-state index in [1.165, 1.54) is 83.5 Å². The van der Waals surface area contributed by atoms with Gasteiger partial charge in [0.15, 0.2) is 0 Å². The molecule has 122 valence electrons. The molecule has 0 radical (unpaired) electrons. The molecule has 23 heavy (non-hydrogen) atoms. The number of unbranched alkanes of at least 4 members (excludes halogenated alkanes) is 13. The van der Waals surface area contributed by atoms with E-state index in [4.69, 9.17) is 5.11 Å². The molecule has 0 aliphatic carbocycles. The van der Waals surface area contributed by atoms with Crippen LogP contribution >= 0.6 is 0 Å². The van der Waals surface area contributed by atoms with Crippen molar-refractivity contribution >= 4 is 0 Å². The van der Waals surface area contributed by atoms with Gasteiger partial charge in [-0.25, -0.2) is 0 Å². The van der Waals surface area contributed by atoms with Gasteiger partial charge in [-0.3, -0.25) is 0 Å². The Morgan fingerprint density at radius 3 is 1.26 bits per heavy atom. The predicted octanol–water partition coefficient (Wildman–Crippen LogP) is -5.52. The molecule has 0 fully saturated rings. The van der Waals surface area contributed by atoms with Crippen LogP contribution < -0.4 is 118 Å². The second-order valence-corrected chi connectivity index (χ2v) is 5.69. The maximum atomic E-state index is 8.58. The van der Waals surface area contributed by atoms with Crippen LogP contribution in [0.5, 0.6) is 0 Å². The molecule has 1 N–H and O–H groups in total. The van der Waals surface area contributed by atoms with Crippen molar-refractivity contribution in [1.29, 1.82) is 0 Å². The van der Waals surface area contributed by atoms with Crippen molar-refractivity contribution in [3.63, 3.8) is 0 Å². The topological polar surface area (TPSA) is 20.2 Å². The Hall–Kier alpha value is 3.70. The van der Waals surface area contributed by atoms with Gasteiger partial charge < -0.3 is 10.8 Å². The first kappa shape index (κ1) is 37.5. The summed E-state index contributed by atoms with van der Waals surface area (Å²) >= 11 is 0. The smallest absolute Gasteiger partial charge is 1.00 e. The largest absolute Gasteiger partial charge is 1.00 e. The van der Waals surface area contributed by atoms with Gasteiger partial charge in [0.1, 0.15) is 0 Å². The van der Waals surface area contributed by atoms with Gasteiger partial charge in [-0.15, -0.1) is 0 Å². The minimum atomic E-state index is 0. The first-order valence-electron chi connectivity index (χ1n) is 8.67. The van der Waals surface area contributed by atoms with Crippen molar-refractivity contribution in [3.05, 3.63) is 12.2 Å². The standard InChI is InChI=1S/C18H36O.4Na.4H/c1-2-3-4-5-6-7-8-9-10-11-12-13-14-15-16-17-18-19;;;;;;;;/h16-17,19H,2-15,18H2,1H3;;;;;;;;/q;4*+1;4*-1. The molecule has 0 saturated heterocycles. The van der Waals surface area contributed by atoms with Gasteiger partial charge in [0.25, 0.3) is 0 Å². The third-order valence-electron chi connectivity index (χ3n) is 3.75. The Morgan fingerprint density at radius 2 is 0.913 bits per heavy atom. The second kappa shape index (κ2) is 36.6. The molecule has 0 amide bonds. The van der Waals surface area contributed by atoms with E-state index in [1.54, 1.807) is 0 Å². The summed E-state index contributed by atoms with van der Waals surface area (Å²) in [5, 5.41) is 8.58. The SMILES string of the molecule is CCCCCCCCCCCCCCCC=CCO.[H-].[H-].[H-].[H-].[Na+].[Na+].[Na+].[Na+]. The fourth-order valence-electron chi connectivity index (χ4n) is 2.47. The zero-order valence-corrected chi connectivity index (χ0v) is 25.2. The molecule has 0 rings (SSSR count). The van der Waals surface area contributed by atoms with Crippen LogP contribution in [0.15, 0.2) is 12.2 Å². The number of rotatable bonds is 15. The van der Waals surface area contributed by atoms with Crippen molar-refractivity contribution in [2.45, 2.75) is 96.8 Å². The summed E-state index contributed by atoms with van der Waals surface area (Å²) in [4.78, 5) is 0. The molecule has 0 aromatic rings. The Kier molecular flexibility index (Phi) is 59.6. The zero-order valence-electron chi connectivity index (χ0n) is 21.2.